The molecule has 2 N–H and O–H groups in total. The number of esters is 2. The molecule has 0 aliphatic rings. The molecule has 230 valence electrons. The molecule has 0 aliphatic heterocycles. The van der Waals surface area contributed by atoms with E-state index in [0.717, 1.165) is 38.5 Å². The predicted molar refractivity (Wildman–Crippen MR) is 162 cm³/mol. The summed E-state index contributed by atoms with van der Waals surface area (Å²) in [4.78, 5) is 25.0. The van der Waals surface area contributed by atoms with Crippen molar-refractivity contribution in [1.29, 1.82) is 0 Å². The number of ether oxygens (including phenoxy) is 3. The Kier molecular flexibility index (Phi) is 26.9. The fourth-order valence-corrected chi connectivity index (χ4v) is 4.36. The van der Waals surface area contributed by atoms with Gasteiger partial charge in [0, 0.05) is 11.1 Å². The van der Waals surface area contributed by atoms with E-state index in [1.165, 1.54) is 89.9 Å². The van der Waals surface area contributed by atoms with Gasteiger partial charge in [0.1, 0.15) is 0 Å². The largest absolute Gasteiger partial charge is 0.412 e. The fourth-order valence-electron chi connectivity index (χ4n) is 4.36. The Morgan fingerprint density at radius 1 is 0.538 bits per heavy atom. The average Bonchev–Trinajstić information content (AvgIpc) is 2.88. The molecule has 0 aromatic heterocycles. The SMILES string of the molecule is C=C(C)C(=O)OC(CCCCCCCCCCCC)(OCCCCCCCCCCCC)OC(=O)C(=C)C.O. The van der Waals surface area contributed by atoms with E-state index >= 15 is 0 Å². The van der Waals surface area contributed by atoms with E-state index in [1.807, 2.05) is 0 Å². The highest BCUT2D eigenvalue weighted by Gasteiger charge is 2.40. The standard InChI is InChI=1S/C33H60O5.H2O/c1-7-9-11-13-15-17-19-21-23-25-27-33(37-31(34)29(3)4,38-32(35)30(5)6)36-28-26-24-22-20-18-16-14-12-10-8-2;/h3,5,7-28H2,1-2,4,6H3;1H2. The molecule has 6 heteroatoms. The van der Waals surface area contributed by atoms with Crippen molar-refractivity contribution in [2.45, 2.75) is 169 Å². The summed E-state index contributed by atoms with van der Waals surface area (Å²) in [5.74, 6) is -2.96. The van der Waals surface area contributed by atoms with Gasteiger partial charge in [-0.2, -0.15) is 0 Å². The van der Waals surface area contributed by atoms with Gasteiger partial charge in [0.2, 0.25) is 0 Å². The molecule has 0 heterocycles. The smallest absolute Gasteiger partial charge is 0.376 e. The van der Waals surface area contributed by atoms with Gasteiger partial charge in [0.05, 0.1) is 13.0 Å². The van der Waals surface area contributed by atoms with Crippen LogP contribution in [0.4, 0.5) is 0 Å². The molecule has 0 rings (SSSR count). The monoisotopic (exact) mass is 554 g/mol. The van der Waals surface area contributed by atoms with E-state index in [1.54, 1.807) is 13.8 Å². The van der Waals surface area contributed by atoms with E-state index in [0.29, 0.717) is 13.0 Å². The van der Waals surface area contributed by atoms with Crippen molar-refractivity contribution in [3.63, 3.8) is 0 Å². The van der Waals surface area contributed by atoms with Crippen molar-refractivity contribution in [2.24, 2.45) is 0 Å². The topological polar surface area (TPSA) is 93.3 Å². The second kappa shape index (κ2) is 26.6. The third-order valence-corrected chi connectivity index (χ3v) is 6.85. The summed E-state index contributed by atoms with van der Waals surface area (Å²) in [6.07, 6.45) is 24.2. The van der Waals surface area contributed by atoms with Gasteiger partial charge in [-0.3, -0.25) is 0 Å². The summed E-state index contributed by atoms with van der Waals surface area (Å²) in [5.41, 5.74) is 0.484. The van der Waals surface area contributed by atoms with Crippen LogP contribution in [0.3, 0.4) is 0 Å². The van der Waals surface area contributed by atoms with Gasteiger partial charge < -0.3 is 19.7 Å². The van der Waals surface area contributed by atoms with Crippen LogP contribution in [0.1, 0.15) is 163 Å². The fraction of sp³-hybridized carbons (Fsp3) is 0.818. The lowest BCUT2D eigenvalue weighted by molar-refractivity contribution is -0.346. The number of carbonyl (C=O) groups excluding carboxylic acids is 2. The van der Waals surface area contributed by atoms with Crippen molar-refractivity contribution in [3.8, 4) is 0 Å². The molecule has 0 aromatic rings. The summed E-state index contributed by atoms with van der Waals surface area (Å²) < 4.78 is 17.4. The van der Waals surface area contributed by atoms with Crippen LogP contribution in [0.5, 0.6) is 0 Å². The van der Waals surface area contributed by atoms with Crippen molar-refractivity contribution < 1.29 is 29.3 Å². The number of hydrogen-bond acceptors (Lipinski definition) is 5. The highest BCUT2D eigenvalue weighted by atomic mass is 16.9. The van der Waals surface area contributed by atoms with Crippen LogP contribution >= 0.6 is 0 Å². The van der Waals surface area contributed by atoms with Crippen molar-refractivity contribution in [3.05, 3.63) is 24.3 Å². The zero-order chi connectivity index (χ0) is 28.5. The van der Waals surface area contributed by atoms with Crippen LogP contribution in [-0.4, -0.2) is 30.0 Å². The van der Waals surface area contributed by atoms with Gasteiger partial charge in [0.15, 0.2) is 0 Å². The second-order valence-electron chi connectivity index (χ2n) is 11.0. The summed E-state index contributed by atoms with van der Waals surface area (Å²) in [6, 6.07) is 0. The van der Waals surface area contributed by atoms with Crippen LogP contribution < -0.4 is 0 Å². The molecule has 0 bridgehead atoms. The maximum absolute atomic E-state index is 12.5. The van der Waals surface area contributed by atoms with E-state index in [2.05, 4.69) is 27.0 Å². The highest BCUT2D eigenvalue weighted by Crippen LogP contribution is 2.27. The van der Waals surface area contributed by atoms with E-state index in [-0.39, 0.29) is 16.6 Å². The highest BCUT2D eigenvalue weighted by molar-refractivity contribution is 5.88. The van der Waals surface area contributed by atoms with Gasteiger partial charge in [-0.15, -0.1) is 0 Å². The normalized spacial score (nSPS) is 11.1. The molecule has 0 saturated carbocycles. The van der Waals surface area contributed by atoms with Crippen LogP contribution in [0.25, 0.3) is 0 Å². The molecule has 0 atom stereocenters. The Bertz CT molecular complexity index is 614. The minimum absolute atomic E-state index is 0. The van der Waals surface area contributed by atoms with Crippen molar-refractivity contribution in [1.82, 2.24) is 0 Å². The molecule has 39 heavy (non-hydrogen) atoms. The van der Waals surface area contributed by atoms with Crippen LogP contribution in [0, 0.1) is 0 Å². The number of carbonyl (C=O) groups is 2. The van der Waals surface area contributed by atoms with Gasteiger partial charge in [-0.05, 0) is 26.7 Å². The summed E-state index contributed by atoms with van der Waals surface area (Å²) >= 11 is 0. The Hall–Kier alpha value is -1.66. The third kappa shape index (κ3) is 22.8. The Morgan fingerprint density at radius 3 is 1.18 bits per heavy atom. The number of unbranched alkanes of at least 4 members (excludes halogenated alkanes) is 18. The van der Waals surface area contributed by atoms with Gasteiger partial charge in [-0.1, -0.05) is 143 Å². The van der Waals surface area contributed by atoms with Gasteiger partial charge >= 0.3 is 17.9 Å². The van der Waals surface area contributed by atoms with Crippen molar-refractivity contribution in [2.75, 3.05) is 6.61 Å². The summed E-state index contributed by atoms with van der Waals surface area (Å²) in [5, 5.41) is 0. The quantitative estimate of drug-likeness (QED) is 0.0436. The lowest BCUT2D eigenvalue weighted by atomic mass is 10.1. The molecule has 0 spiro atoms. The third-order valence-electron chi connectivity index (χ3n) is 6.85. The molecule has 0 aromatic carbocycles. The summed E-state index contributed by atoms with van der Waals surface area (Å²) in [7, 11) is 0. The Morgan fingerprint density at radius 2 is 0.846 bits per heavy atom. The van der Waals surface area contributed by atoms with Gasteiger partial charge in [-0.25, -0.2) is 9.59 Å². The zero-order valence-electron chi connectivity index (χ0n) is 26.0. The minimum Gasteiger partial charge on any atom is -0.412 e. The first-order valence-electron chi connectivity index (χ1n) is 15.7. The maximum atomic E-state index is 12.5. The molecule has 0 amide bonds. The first-order valence-corrected chi connectivity index (χ1v) is 15.7. The summed E-state index contributed by atoms with van der Waals surface area (Å²) in [6.45, 7) is 15.4. The number of rotatable bonds is 27. The predicted octanol–water partition coefficient (Wildman–Crippen LogP) is 9.30. The molecule has 0 unspecified atom stereocenters. The van der Waals surface area contributed by atoms with Gasteiger partial charge in [0.25, 0.3) is 0 Å². The first-order chi connectivity index (χ1) is 18.3. The molecule has 0 radical (unpaired) electrons. The maximum Gasteiger partial charge on any atom is 0.376 e. The Labute approximate surface area is 240 Å². The molecular weight excluding hydrogens is 492 g/mol. The molecule has 0 aliphatic carbocycles. The van der Waals surface area contributed by atoms with E-state index in [4.69, 9.17) is 14.2 Å². The van der Waals surface area contributed by atoms with Crippen LogP contribution in [0.15, 0.2) is 24.3 Å². The van der Waals surface area contributed by atoms with Crippen LogP contribution in [0.2, 0.25) is 0 Å². The van der Waals surface area contributed by atoms with Crippen LogP contribution in [-0.2, 0) is 23.8 Å². The van der Waals surface area contributed by atoms with Crippen molar-refractivity contribution >= 4 is 11.9 Å². The van der Waals surface area contributed by atoms with E-state index in [9.17, 15) is 9.59 Å². The molecule has 6 nitrogen and oxygen atoms in total. The first kappa shape index (κ1) is 39.5. The lowest BCUT2D eigenvalue weighted by Gasteiger charge is -2.32. The molecule has 0 saturated heterocycles. The Balaban J connectivity index is 0. The lowest BCUT2D eigenvalue weighted by Crippen LogP contribution is -2.43. The average molecular weight is 555 g/mol. The number of hydrogen-bond donors (Lipinski definition) is 0. The van der Waals surface area contributed by atoms with E-state index < -0.39 is 17.9 Å². The minimum atomic E-state index is -1.73. The zero-order valence-corrected chi connectivity index (χ0v) is 26.0. The second-order valence-corrected chi connectivity index (χ2v) is 11.0. The molecule has 0 fully saturated rings. The molecular formula is C33H62O6.